The van der Waals surface area contributed by atoms with Crippen LogP contribution in [0.25, 0.3) is 11.4 Å². The van der Waals surface area contributed by atoms with E-state index in [1.54, 1.807) is 17.0 Å². The third-order valence-corrected chi connectivity index (χ3v) is 6.13. The number of morpholine rings is 1. The molecule has 1 aromatic heterocycles. The first-order valence-corrected chi connectivity index (χ1v) is 12.6. The summed E-state index contributed by atoms with van der Waals surface area (Å²) < 4.78 is 11.3. The average molecular weight is 513 g/mol. The van der Waals surface area contributed by atoms with Gasteiger partial charge in [-0.3, -0.25) is 0 Å². The summed E-state index contributed by atoms with van der Waals surface area (Å²) in [4.78, 5) is 38.5. The largest absolute Gasteiger partial charge is 0.444 e. The van der Waals surface area contributed by atoms with E-state index in [1.165, 1.54) is 0 Å². The number of carbonyl (C=O) groups excluding carboxylic acids is 2. The van der Waals surface area contributed by atoms with Crippen LogP contribution < -0.4 is 15.5 Å². The topological polar surface area (TPSA) is 129 Å². The fraction of sp³-hybridized carbons (Fsp3) is 0.538. The molecule has 0 unspecified atom stereocenters. The summed E-state index contributed by atoms with van der Waals surface area (Å²) in [5, 5.41) is 14.1. The van der Waals surface area contributed by atoms with Crippen LogP contribution in [-0.2, 0) is 22.4 Å². The van der Waals surface area contributed by atoms with Crippen LogP contribution in [-0.4, -0.2) is 83.2 Å². The van der Waals surface area contributed by atoms with Crippen molar-refractivity contribution < 1.29 is 24.2 Å². The first-order valence-electron chi connectivity index (χ1n) is 12.6. The zero-order valence-corrected chi connectivity index (χ0v) is 21.9. The SMILES string of the molecule is C[C@H]1COCCN1c1nc(-c2ccc(NC(=O)NCCO)cc2)nc2c1CN(C(=O)OC(C)(C)C)CC2. The van der Waals surface area contributed by atoms with Gasteiger partial charge in [0.15, 0.2) is 5.82 Å². The minimum atomic E-state index is -0.570. The third kappa shape index (κ3) is 6.66. The van der Waals surface area contributed by atoms with Crippen molar-refractivity contribution in [2.75, 3.05) is 49.7 Å². The maximum atomic E-state index is 12.8. The van der Waals surface area contributed by atoms with Gasteiger partial charge in [-0.25, -0.2) is 19.6 Å². The normalized spacial score (nSPS) is 17.7. The Morgan fingerprint density at radius 2 is 1.95 bits per heavy atom. The Kier molecular flexibility index (Phi) is 8.13. The number of ether oxygens (including phenoxy) is 2. The Morgan fingerprint density at radius 3 is 2.62 bits per heavy atom. The Morgan fingerprint density at radius 1 is 1.19 bits per heavy atom. The average Bonchev–Trinajstić information content (AvgIpc) is 2.86. The van der Waals surface area contributed by atoms with Crippen LogP contribution in [0.2, 0.25) is 0 Å². The summed E-state index contributed by atoms with van der Waals surface area (Å²) in [7, 11) is 0. The number of aliphatic hydroxyl groups excluding tert-OH is 1. The summed E-state index contributed by atoms with van der Waals surface area (Å²) in [6.07, 6.45) is 0.259. The van der Waals surface area contributed by atoms with Gasteiger partial charge >= 0.3 is 12.1 Å². The van der Waals surface area contributed by atoms with E-state index in [9.17, 15) is 9.59 Å². The number of hydrogen-bond donors (Lipinski definition) is 3. The van der Waals surface area contributed by atoms with Crippen LogP contribution in [0.3, 0.4) is 0 Å². The fourth-order valence-corrected chi connectivity index (χ4v) is 4.33. The van der Waals surface area contributed by atoms with E-state index in [-0.39, 0.29) is 31.3 Å². The number of urea groups is 1. The summed E-state index contributed by atoms with van der Waals surface area (Å²) in [6.45, 7) is 10.5. The second-order valence-corrected chi connectivity index (χ2v) is 10.2. The van der Waals surface area contributed by atoms with E-state index in [0.717, 1.165) is 22.6 Å². The van der Waals surface area contributed by atoms with Crippen molar-refractivity contribution in [2.24, 2.45) is 0 Å². The molecular formula is C26H36N6O5. The van der Waals surface area contributed by atoms with Gasteiger partial charge in [0.25, 0.3) is 0 Å². The highest BCUT2D eigenvalue weighted by molar-refractivity contribution is 5.89. The summed E-state index contributed by atoms with van der Waals surface area (Å²) in [5.74, 6) is 1.41. The zero-order chi connectivity index (χ0) is 26.6. The monoisotopic (exact) mass is 512 g/mol. The summed E-state index contributed by atoms with van der Waals surface area (Å²) in [5.41, 5.74) is 2.73. The molecule has 11 nitrogen and oxygen atoms in total. The number of aromatic nitrogens is 2. The number of amides is 3. The lowest BCUT2D eigenvalue weighted by atomic mass is 10.0. The molecule has 2 aliphatic rings. The van der Waals surface area contributed by atoms with E-state index in [1.807, 2.05) is 32.9 Å². The maximum absolute atomic E-state index is 12.8. The number of hydrogen-bond acceptors (Lipinski definition) is 8. The van der Waals surface area contributed by atoms with Gasteiger partial charge in [-0.15, -0.1) is 0 Å². The van der Waals surface area contributed by atoms with Crippen molar-refractivity contribution in [3.63, 3.8) is 0 Å². The molecular weight excluding hydrogens is 476 g/mol. The molecule has 200 valence electrons. The van der Waals surface area contributed by atoms with Crippen molar-refractivity contribution in [3.05, 3.63) is 35.5 Å². The van der Waals surface area contributed by atoms with Crippen LogP contribution in [0.4, 0.5) is 21.1 Å². The Bertz CT molecular complexity index is 1120. The highest BCUT2D eigenvalue weighted by Gasteiger charge is 2.32. The smallest absolute Gasteiger partial charge is 0.410 e. The number of nitrogens with one attached hydrogen (secondary N) is 2. The molecule has 0 radical (unpaired) electrons. The lowest BCUT2D eigenvalue weighted by Crippen LogP contribution is -2.46. The summed E-state index contributed by atoms with van der Waals surface area (Å²) in [6, 6.07) is 7.05. The molecule has 3 heterocycles. The highest BCUT2D eigenvalue weighted by atomic mass is 16.6. The van der Waals surface area contributed by atoms with Crippen LogP contribution >= 0.6 is 0 Å². The minimum Gasteiger partial charge on any atom is -0.444 e. The standard InChI is InChI=1S/C26H36N6O5/c1-17-16-36-14-12-32(17)23-20-15-31(25(35)37-26(2,3)4)11-9-21(20)29-22(30-23)18-5-7-19(8-6-18)28-24(34)27-10-13-33/h5-8,17,33H,9-16H2,1-4H3,(H2,27,28,34)/t17-/m0/s1. The highest BCUT2D eigenvalue weighted by Crippen LogP contribution is 2.32. The second kappa shape index (κ2) is 11.3. The van der Waals surface area contributed by atoms with Gasteiger partial charge in [0, 0.05) is 42.9 Å². The molecule has 1 aromatic carbocycles. The first kappa shape index (κ1) is 26.6. The van der Waals surface area contributed by atoms with Crippen LogP contribution in [0.5, 0.6) is 0 Å². The molecule has 1 atom stereocenters. The van der Waals surface area contributed by atoms with Crippen molar-refractivity contribution in [3.8, 4) is 11.4 Å². The lowest BCUT2D eigenvalue weighted by molar-refractivity contribution is 0.0222. The molecule has 1 saturated heterocycles. The number of benzene rings is 1. The molecule has 0 spiro atoms. The second-order valence-electron chi connectivity index (χ2n) is 10.2. The molecule has 1 fully saturated rings. The molecule has 37 heavy (non-hydrogen) atoms. The van der Waals surface area contributed by atoms with Crippen LogP contribution in [0, 0.1) is 0 Å². The maximum Gasteiger partial charge on any atom is 0.410 e. The van der Waals surface area contributed by atoms with Gasteiger partial charge in [-0.1, -0.05) is 0 Å². The van der Waals surface area contributed by atoms with Gasteiger partial charge in [-0.05, 0) is 52.0 Å². The molecule has 3 amide bonds. The molecule has 3 N–H and O–H groups in total. The Balaban J connectivity index is 1.63. The van der Waals surface area contributed by atoms with E-state index in [2.05, 4.69) is 22.5 Å². The third-order valence-electron chi connectivity index (χ3n) is 6.13. The first-order chi connectivity index (χ1) is 17.6. The van der Waals surface area contributed by atoms with Crippen LogP contribution in [0.1, 0.15) is 39.0 Å². The van der Waals surface area contributed by atoms with E-state index < -0.39 is 5.60 Å². The molecule has 0 saturated carbocycles. The lowest BCUT2D eigenvalue weighted by Gasteiger charge is -2.38. The quantitative estimate of drug-likeness (QED) is 0.558. The molecule has 2 aromatic rings. The minimum absolute atomic E-state index is 0.123. The number of fused-ring (bicyclic) bond motifs is 1. The predicted octanol–water partition coefficient (Wildman–Crippen LogP) is 2.78. The van der Waals surface area contributed by atoms with Gasteiger partial charge < -0.3 is 35.0 Å². The molecule has 0 aliphatic carbocycles. The predicted molar refractivity (Wildman–Crippen MR) is 140 cm³/mol. The zero-order valence-electron chi connectivity index (χ0n) is 21.9. The van der Waals surface area contributed by atoms with E-state index in [0.29, 0.717) is 50.8 Å². The number of anilines is 2. The Labute approximate surface area is 217 Å². The van der Waals surface area contributed by atoms with Crippen LogP contribution in [0.15, 0.2) is 24.3 Å². The van der Waals surface area contributed by atoms with Crippen molar-refractivity contribution in [1.29, 1.82) is 0 Å². The molecule has 11 heteroatoms. The van der Waals surface area contributed by atoms with Gasteiger partial charge in [0.05, 0.1) is 38.1 Å². The fourth-order valence-electron chi connectivity index (χ4n) is 4.33. The van der Waals surface area contributed by atoms with Gasteiger partial charge in [0.1, 0.15) is 11.4 Å². The molecule has 0 bridgehead atoms. The van der Waals surface area contributed by atoms with Gasteiger partial charge in [0.2, 0.25) is 0 Å². The summed E-state index contributed by atoms with van der Waals surface area (Å²) >= 11 is 0. The van der Waals surface area contributed by atoms with Crippen molar-refractivity contribution in [1.82, 2.24) is 20.2 Å². The number of aliphatic hydroxyl groups is 1. The van der Waals surface area contributed by atoms with Crippen molar-refractivity contribution >= 4 is 23.6 Å². The van der Waals surface area contributed by atoms with Gasteiger partial charge in [-0.2, -0.15) is 0 Å². The van der Waals surface area contributed by atoms with E-state index in [4.69, 9.17) is 24.5 Å². The number of carbonyl (C=O) groups is 2. The Hall–Kier alpha value is -3.44. The molecule has 2 aliphatic heterocycles. The molecule has 4 rings (SSSR count). The van der Waals surface area contributed by atoms with Crippen molar-refractivity contribution in [2.45, 2.75) is 52.3 Å². The number of rotatable bonds is 5. The number of nitrogens with zero attached hydrogens (tertiary/aromatic N) is 4. The van der Waals surface area contributed by atoms with E-state index >= 15 is 0 Å².